The van der Waals surface area contributed by atoms with Crippen LogP contribution >= 0.6 is 15.9 Å². The van der Waals surface area contributed by atoms with Gasteiger partial charge in [0, 0.05) is 10.2 Å². The molecule has 0 unspecified atom stereocenters. The van der Waals surface area contributed by atoms with Gasteiger partial charge in [0.15, 0.2) is 0 Å². The predicted molar refractivity (Wildman–Crippen MR) is 49.0 cm³/mol. The van der Waals surface area contributed by atoms with E-state index in [9.17, 15) is 4.79 Å². The molecular formula is C8H7BrN2O. The summed E-state index contributed by atoms with van der Waals surface area (Å²) in [5, 5.41) is 2.74. The van der Waals surface area contributed by atoms with Gasteiger partial charge in [-0.25, -0.2) is 0 Å². The number of amides is 1. The summed E-state index contributed by atoms with van der Waals surface area (Å²) in [4.78, 5) is 15.2. The molecule has 0 saturated heterocycles. The normalized spacial score (nSPS) is 14.3. The number of carbonyl (C=O) groups is 1. The van der Waals surface area contributed by atoms with Crippen molar-refractivity contribution in [2.75, 3.05) is 5.32 Å². The van der Waals surface area contributed by atoms with Crippen molar-refractivity contribution < 1.29 is 4.79 Å². The molecule has 0 atom stereocenters. The number of aromatic nitrogens is 1. The molecule has 0 saturated carbocycles. The highest BCUT2D eigenvalue weighted by Gasteiger charge is 2.21. The lowest BCUT2D eigenvalue weighted by atomic mass is 10.2. The minimum Gasteiger partial charge on any atom is -0.323 e. The Morgan fingerprint density at radius 3 is 3.17 bits per heavy atom. The molecule has 0 aliphatic carbocycles. The van der Waals surface area contributed by atoms with Gasteiger partial charge in [-0.1, -0.05) is 0 Å². The van der Waals surface area contributed by atoms with E-state index in [0.717, 1.165) is 21.5 Å². The van der Waals surface area contributed by atoms with Crippen LogP contribution in [0.15, 0.2) is 10.5 Å². The first-order chi connectivity index (χ1) is 5.66. The second-order valence-corrected chi connectivity index (χ2v) is 3.65. The van der Waals surface area contributed by atoms with Crippen molar-refractivity contribution in [2.45, 2.75) is 13.3 Å². The number of aryl methyl sites for hydroxylation is 1. The second kappa shape index (κ2) is 2.55. The number of carbonyl (C=O) groups excluding carboxylic acids is 1. The van der Waals surface area contributed by atoms with Crippen LogP contribution in [0, 0.1) is 6.92 Å². The van der Waals surface area contributed by atoms with Gasteiger partial charge in [0.2, 0.25) is 5.91 Å². The van der Waals surface area contributed by atoms with E-state index < -0.39 is 0 Å². The zero-order chi connectivity index (χ0) is 8.72. The van der Waals surface area contributed by atoms with Crippen LogP contribution in [-0.2, 0) is 11.2 Å². The fourth-order valence-corrected chi connectivity index (χ4v) is 1.95. The van der Waals surface area contributed by atoms with Gasteiger partial charge in [0.1, 0.15) is 0 Å². The van der Waals surface area contributed by atoms with Gasteiger partial charge < -0.3 is 5.32 Å². The van der Waals surface area contributed by atoms with Gasteiger partial charge in [-0.05, 0) is 28.9 Å². The molecule has 1 aromatic rings. The zero-order valence-corrected chi connectivity index (χ0v) is 8.10. The van der Waals surface area contributed by atoms with Crippen LogP contribution in [0.5, 0.6) is 0 Å². The van der Waals surface area contributed by atoms with Crippen LogP contribution < -0.4 is 5.32 Å². The van der Waals surface area contributed by atoms with Crippen LogP contribution in [0.1, 0.15) is 11.4 Å². The number of hydrogen-bond donors (Lipinski definition) is 1. The summed E-state index contributed by atoms with van der Waals surface area (Å²) in [7, 11) is 0. The van der Waals surface area contributed by atoms with Gasteiger partial charge in [0.25, 0.3) is 0 Å². The van der Waals surface area contributed by atoms with E-state index in [0.29, 0.717) is 6.42 Å². The quantitative estimate of drug-likeness (QED) is 0.732. The molecule has 1 N–H and O–H groups in total. The Kier molecular flexibility index (Phi) is 1.65. The number of fused-ring (bicyclic) bond motifs is 1. The number of nitrogens with one attached hydrogen (secondary N) is 1. The van der Waals surface area contributed by atoms with E-state index >= 15 is 0 Å². The number of pyridine rings is 1. The van der Waals surface area contributed by atoms with Crippen molar-refractivity contribution in [3.05, 3.63) is 21.9 Å². The summed E-state index contributed by atoms with van der Waals surface area (Å²) in [6, 6.07) is 1.89. The third-order valence-corrected chi connectivity index (χ3v) is 2.39. The standard InChI is InChI=1S/C8H7BrN2O/c1-4-2-5(9)8-6(10-4)3-7(12)11-8/h2H,3H2,1H3,(H,11,12). The van der Waals surface area contributed by atoms with Crippen molar-refractivity contribution in [1.82, 2.24) is 4.98 Å². The van der Waals surface area contributed by atoms with Crippen molar-refractivity contribution in [3.63, 3.8) is 0 Å². The monoisotopic (exact) mass is 226 g/mol. The highest BCUT2D eigenvalue weighted by molar-refractivity contribution is 9.10. The topological polar surface area (TPSA) is 42.0 Å². The molecular weight excluding hydrogens is 220 g/mol. The van der Waals surface area contributed by atoms with E-state index in [-0.39, 0.29) is 5.91 Å². The van der Waals surface area contributed by atoms with Crippen LogP contribution in [0.4, 0.5) is 5.69 Å². The van der Waals surface area contributed by atoms with Crippen LogP contribution in [0.2, 0.25) is 0 Å². The number of rotatable bonds is 0. The summed E-state index contributed by atoms with van der Waals surface area (Å²) in [6.07, 6.45) is 0.398. The number of hydrogen-bond acceptors (Lipinski definition) is 2. The summed E-state index contributed by atoms with van der Waals surface area (Å²) in [5.74, 6) is 0.0174. The largest absolute Gasteiger partial charge is 0.323 e. The smallest absolute Gasteiger partial charge is 0.230 e. The summed E-state index contributed by atoms with van der Waals surface area (Å²) < 4.78 is 0.913. The molecule has 0 aromatic carbocycles. The van der Waals surface area contributed by atoms with Crippen LogP contribution in [0.3, 0.4) is 0 Å². The minimum absolute atomic E-state index is 0.0174. The Hall–Kier alpha value is -0.900. The molecule has 3 nitrogen and oxygen atoms in total. The molecule has 1 aliphatic heterocycles. The number of anilines is 1. The van der Waals surface area contributed by atoms with Crippen LogP contribution in [0.25, 0.3) is 0 Å². The van der Waals surface area contributed by atoms with E-state index in [1.807, 2.05) is 13.0 Å². The Morgan fingerprint density at radius 2 is 2.42 bits per heavy atom. The summed E-state index contributed by atoms with van der Waals surface area (Å²) >= 11 is 3.37. The van der Waals surface area contributed by atoms with Gasteiger partial charge in [0.05, 0.1) is 17.8 Å². The summed E-state index contributed by atoms with van der Waals surface area (Å²) in [6.45, 7) is 1.91. The Labute approximate surface area is 78.3 Å². The lowest BCUT2D eigenvalue weighted by Crippen LogP contribution is -2.03. The minimum atomic E-state index is 0.0174. The Balaban J connectivity index is 2.59. The van der Waals surface area contributed by atoms with E-state index in [1.54, 1.807) is 0 Å². The third-order valence-electron chi connectivity index (χ3n) is 1.77. The predicted octanol–water partition coefficient (Wildman–Crippen LogP) is 1.65. The highest BCUT2D eigenvalue weighted by atomic mass is 79.9. The maximum Gasteiger partial charge on any atom is 0.230 e. The molecule has 1 aliphatic rings. The number of nitrogens with zero attached hydrogens (tertiary/aromatic N) is 1. The van der Waals surface area contributed by atoms with Gasteiger partial charge in [-0.3, -0.25) is 9.78 Å². The maximum absolute atomic E-state index is 11.0. The van der Waals surface area contributed by atoms with Gasteiger partial charge in [-0.2, -0.15) is 0 Å². The maximum atomic E-state index is 11.0. The van der Waals surface area contributed by atoms with E-state index in [2.05, 4.69) is 26.2 Å². The first-order valence-corrected chi connectivity index (χ1v) is 4.42. The molecule has 1 amide bonds. The second-order valence-electron chi connectivity index (χ2n) is 2.79. The molecule has 1 aromatic heterocycles. The molecule has 0 bridgehead atoms. The lowest BCUT2D eigenvalue weighted by Gasteiger charge is -2.01. The van der Waals surface area contributed by atoms with Gasteiger partial charge in [-0.15, -0.1) is 0 Å². The number of halogens is 1. The van der Waals surface area contributed by atoms with Crippen molar-refractivity contribution in [3.8, 4) is 0 Å². The fraction of sp³-hybridized carbons (Fsp3) is 0.250. The lowest BCUT2D eigenvalue weighted by molar-refractivity contribution is -0.115. The van der Waals surface area contributed by atoms with Crippen molar-refractivity contribution in [2.24, 2.45) is 0 Å². The zero-order valence-electron chi connectivity index (χ0n) is 6.52. The summed E-state index contributed by atoms with van der Waals surface area (Å²) in [5.41, 5.74) is 2.59. The van der Waals surface area contributed by atoms with E-state index in [4.69, 9.17) is 0 Å². The molecule has 0 fully saturated rings. The molecule has 12 heavy (non-hydrogen) atoms. The molecule has 0 spiro atoms. The van der Waals surface area contributed by atoms with E-state index in [1.165, 1.54) is 0 Å². The third kappa shape index (κ3) is 1.12. The first kappa shape index (κ1) is 7.73. The molecule has 4 heteroatoms. The molecule has 2 heterocycles. The van der Waals surface area contributed by atoms with Crippen molar-refractivity contribution in [1.29, 1.82) is 0 Å². The molecule has 62 valence electrons. The Bertz CT molecular complexity index is 362. The average molecular weight is 227 g/mol. The first-order valence-electron chi connectivity index (χ1n) is 3.62. The SMILES string of the molecule is Cc1cc(Br)c2c(n1)CC(=O)N2. The van der Waals surface area contributed by atoms with Crippen molar-refractivity contribution >= 4 is 27.5 Å². The molecule has 0 radical (unpaired) electrons. The van der Waals surface area contributed by atoms with Crippen LogP contribution in [-0.4, -0.2) is 10.9 Å². The average Bonchev–Trinajstić information content (AvgIpc) is 2.29. The molecule has 2 rings (SSSR count). The highest BCUT2D eigenvalue weighted by Crippen LogP contribution is 2.30. The fourth-order valence-electron chi connectivity index (χ4n) is 1.29. The Morgan fingerprint density at radius 1 is 1.67 bits per heavy atom. The van der Waals surface area contributed by atoms with Gasteiger partial charge >= 0.3 is 0 Å².